The summed E-state index contributed by atoms with van der Waals surface area (Å²) in [6, 6.07) is 8.28. The van der Waals surface area contributed by atoms with Gasteiger partial charge in [0.05, 0.1) is 0 Å². The second-order valence-electron chi connectivity index (χ2n) is 4.69. The molecule has 1 atom stereocenters. The molecule has 15 heavy (non-hydrogen) atoms. The van der Waals surface area contributed by atoms with Crippen LogP contribution >= 0.6 is 0 Å². The molecule has 0 amide bonds. The molecule has 0 aliphatic carbocycles. The number of para-hydroxylation sites is 1. The highest BCUT2D eigenvalue weighted by molar-refractivity contribution is 5.84. The highest BCUT2D eigenvalue weighted by atomic mass is 14.8. The van der Waals surface area contributed by atoms with Gasteiger partial charge < -0.3 is 10.7 Å². The number of rotatable bonds is 2. The van der Waals surface area contributed by atoms with E-state index < -0.39 is 0 Å². The van der Waals surface area contributed by atoms with Crippen molar-refractivity contribution in [1.29, 1.82) is 0 Å². The molecule has 1 aromatic carbocycles. The van der Waals surface area contributed by atoms with Crippen LogP contribution < -0.4 is 5.73 Å². The van der Waals surface area contributed by atoms with E-state index >= 15 is 0 Å². The fourth-order valence-electron chi connectivity index (χ4n) is 1.83. The maximum Gasteiger partial charge on any atom is 0.0457 e. The first kappa shape index (κ1) is 10.2. The molecule has 3 N–H and O–H groups in total. The molecule has 0 aliphatic rings. The Morgan fingerprint density at radius 3 is 2.60 bits per heavy atom. The summed E-state index contributed by atoms with van der Waals surface area (Å²) >= 11 is 0. The molecule has 2 nitrogen and oxygen atoms in total. The molecule has 0 saturated carbocycles. The minimum absolute atomic E-state index is 0.278. The van der Waals surface area contributed by atoms with Crippen LogP contribution in [0.5, 0.6) is 0 Å². The summed E-state index contributed by atoms with van der Waals surface area (Å²) in [7, 11) is 0. The summed E-state index contributed by atoms with van der Waals surface area (Å²) in [6.45, 7) is 6.40. The fourth-order valence-corrected chi connectivity index (χ4v) is 1.83. The number of nitrogens with two attached hydrogens (primary N) is 1. The minimum Gasteiger partial charge on any atom is -0.361 e. The normalized spacial score (nSPS) is 15.8. The quantitative estimate of drug-likeness (QED) is 0.772. The Bertz CT molecular complexity index is 466. The summed E-state index contributed by atoms with van der Waals surface area (Å²) in [6.07, 6.45) is 2.03. The Balaban J connectivity index is 2.62. The second kappa shape index (κ2) is 3.38. The zero-order valence-corrected chi connectivity index (χ0v) is 9.54. The van der Waals surface area contributed by atoms with E-state index in [0.717, 1.165) is 5.52 Å². The van der Waals surface area contributed by atoms with Crippen molar-refractivity contribution in [2.45, 2.75) is 26.3 Å². The van der Waals surface area contributed by atoms with Crippen LogP contribution in [-0.2, 0) is 5.54 Å². The predicted octanol–water partition coefficient (Wildman–Crippen LogP) is 3.00. The largest absolute Gasteiger partial charge is 0.361 e. The molecule has 0 spiro atoms. The molecule has 2 aromatic rings. The van der Waals surface area contributed by atoms with E-state index in [2.05, 4.69) is 44.0 Å². The van der Waals surface area contributed by atoms with E-state index in [1.165, 1.54) is 10.9 Å². The maximum absolute atomic E-state index is 6.37. The number of hydrogen-bond acceptors (Lipinski definition) is 1. The summed E-state index contributed by atoms with van der Waals surface area (Å²) in [5.41, 5.74) is 8.45. The smallest absolute Gasteiger partial charge is 0.0457 e. The van der Waals surface area contributed by atoms with Crippen LogP contribution in [-0.4, -0.2) is 4.98 Å². The van der Waals surface area contributed by atoms with Crippen LogP contribution in [0.15, 0.2) is 30.5 Å². The van der Waals surface area contributed by atoms with Gasteiger partial charge in [-0.2, -0.15) is 0 Å². The number of aromatic amines is 1. The molecule has 1 aromatic heterocycles. The average molecular weight is 202 g/mol. The lowest BCUT2D eigenvalue weighted by atomic mass is 9.82. The van der Waals surface area contributed by atoms with Crippen molar-refractivity contribution in [2.24, 2.45) is 11.7 Å². The Morgan fingerprint density at radius 2 is 1.93 bits per heavy atom. The molecule has 1 unspecified atom stereocenters. The van der Waals surface area contributed by atoms with E-state index in [1.807, 2.05) is 12.3 Å². The molecular weight excluding hydrogens is 184 g/mol. The number of H-pyrrole nitrogens is 1. The zero-order valence-electron chi connectivity index (χ0n) is 9.54. The van der Waals surface area contributed by atoms with Crippen molar-refractivity contribution in [1.82, 2.24) is 4.98 Å². The Kier molecular flexibility index (Phi) is 2.31. The summed E-state index contributed by atoms with van der Waals surface area (Å²) < 4.78 is 0. The van der Waals surface area contributed by atoms with Crippen molar-refractivity contribution >= 4 is 10.9 Å². The molecule has 80 valence electrons. The molecular formula is C13H18N2. The first-order valence-electron chi connectivity index (χ1n) is 5.39. The number of hydrogen-bond donors (Lipinski definition) is 2. The monoisotopic (exact) mass is 202 g/mol. The van der Waals surface area contributed by atoms with Gasteiger partial charge in [0, 0.05) is 22.6 Å². The van der Waals surface area contributed by atoms with Crippen LogP contribution in [0, 0.1) is 5.92 Å². The molecule has 0 aliphatic heterocycles. The third kappa shape index (κ3) is 1.55. The lowest BCUT2D eigenvalue weighted by molar-refractivity contribution is 0.353. The van der Waals surface area contributed by atoms with Crippen LogP contribution in [0.25, 0.3) is 10.9 Å². The fraction of sp³-hybridized carbons (Fsp3) is 0.385. The molecule has 2 rings (SSSR count). The summed E-state index contributed by atoms with van der Waals surface area (Å²) in [4.78, 5) is 3.27. The topological polar surface area (TPSA) is 41.8 Å². The first-order chi connectivity index (χ1) is 7.03. The summed E-state index contributed by atoms with van der Waals surface area (Å²) in [5, 5.41) is 1.23. The van der Waals surface area contributed by atoms with Gasteiger partial charge in [-0.15, -0.1) is 0 Å². The van der Waals surface area contributed by atoms with Gasteiger partial charge in [-0.25, -0.2) is 0 Å². The molecule has 0 saturated heterocycles. The Hall–Kier alpha value is -1.28. The molecule has 1 heterocycles. The Morgan fingerprint density at radius 1 is 1.27 bits per heavy atom. The number of nitrogens with one attached hydrogen (secondary N) is 1. The highest BCUT2D eigenvalue weighted by Crippen LogP contribution is 2.31. The SMILES string of the molecule is CC(C)C(C)(N)c1c[nH]c2ccccc12. The molecule has 2 heteroatoms. The third-order valence-corrected chi connectivity index (χ3v) is 3.37. The van der Waals surface area contributed by atoms with Gasteiger partial charge in [-0.05, 0) is 24.5 Å². The van der Waals surface area contributed by atoms with Crippen LogP contribution in [0.4, 0.5) is 0 Å². The van der Waals surface area contributed by atoms with Crippen molar-refractivity contribution in [2.75, 3.05) is 0 Å². The van der Waals surface area contributed by atoms with E-state index in [0.29, 0.717) is 5.92 Å². The zero-order chi connectivity index (χ0) is 11.1. The van der Waals surface area contributed by atoms with Crippen molar-refractivity contribution < 1.29 is 0 Å². The summed E-state index contributed by atoms with van der Waals surface area (Å²) in [5.74, 6) is 0.414. The standard InChI is InChI=1S/C13H18N2/c1-9(2)13(3,14)11-8-15-12-7-5-4-6-10(11)12/h4-9,15H,14H2,1-3H3. The highest BCUT2D eigenvalue weighted by Gasteiger charge is 2.27. The minimum atomic E-state index is -0.278. The number of aromatic nitrogens is 1. The second-order valence-corrected chi connectivity index (χ2v) is 4.69. The van der Waals surface area contributed by atoms with Gasteiger partial charge in [0.15, 0.2) is 0 Å². The van der Waals surface area contributed by atoms with E-state index in [-0.39, 0.29) is 5.54 Å². The predicted molar refractivity (Wildman–Crippen MR) is 64.7 cm³/mol. The van der Waals surface area contributed by atoms with E-state index in [4.69, 9.17) is 5.73 Å². The van der Waals surface area contributed by atoms with E-state index in [9.17, 15) is 0 Å². The average Bonchev–Trinajstić information content (AvgIpc) is 2.61. The van der Waals surface area contributed by atoms with Gasteiger partial charge in [0.2, 0.25) is 0 Å². The lowest BCUT2D eigenvalue weighted by Gasteiger charge is -2.29. The van der Waals surface area contributed by atoms with Crippen LogP contribution in [0.1, 0.15) is 26.3 Å². The van der Waals surface area contributed by atoms with Crippen molar-refractivity contribution in [3.63, 3.8) is 0 Å². The van der Waals surface area contributed by atoms with E-state index in [1.54, 1.807) is 0 Å². The maximum atomic E-state index is 6.37. The number of fused-ring (bicyclic) bond motifs is 1. The molecule has 0 fully saturated rings. The van der Waals surface area contributed by atoms with Crippen molar-refractivity contribution in [3.8, 4) is 0 Å². The van der Waals surface area contributed by atoms with Gasteiger partial charge in [0.1, 0.15) is 0 Å². The van der Waals surface area contributed by atoms with Gasteiger partial charge in [-0.1, -0.05) is 32.0 Å². The Labute approximate surface area is 90.5 Å². The molecule has 0 bridgehead atoms. The lowest BCUT2D eigenvalue weighted by Crippen LogP contribution is -2.38. The van der Waals surface area contributed by atoms with Crippen LogP contribution in [0.2, 0.25) is 0 Å². The van der Waals surface area contributed by atoms with Gasteiger partial charge >= 0.3 is 0 Å². The number of benzene rings is 1. The first-order valence-corrected chi connectivity index (χ1v) is 5.39. The van der Waals surface area contributed by atoms with Crippen LogP contribution in [0.3, 0.4) is 0 Å². The van der Waals surface area contributed by atoms with Gasteiger partial charge in [0.25, 0.3) is 0 Å². The molecule has 0 radical (unpaired) electrons. The third-order valence-electron chi connectivity index (χ3n) is 3.37. The van der Waals surface area contributed by atoms with Gasteiger partial charge in [-0.3, -0.25) is 0 Å². The van der Waals surface area contributed by atoms with Crippen molar-refractivity contribution in [3.05, 3.63) is 36.0 Å².